The molecule has 0 spiro atoms. The molecule has 108 valence electrons. The third-order valence-corrected chi connectivity index (χ3v) is 3.84. The lowest BCUT2D eigenvalue weighted by Gasteiger charge is -2.20. The van der Waals surface area contributed by atoms with E-state index in [0.29, 0.717) is 12.1 Å². The molecule has 0 fully saturated rings. The van der Waals surface area contributed by atoms with E-state index in [4.69, 9.17) is 5.73 Å². The second-order valence-corrected chi connectivity index (χ2v) is 5.28. The largest absolute Gasteiger partial charge is 0.397 e. The Morgan fingerprint density at radius 2 is 2.00 bits per heavy atom. The first-order valence-corrected chi connectivity index (χ1v) is 7.24. The number of aryl methyl sites for hydroxylation is 2. The molecule has 1 heterocycles. The fourth-order valence-electron chi connectivity index (χ4n) is 2.65. The van der Waals surface area contributed by atoms with Crippen molar-refractivity contribution in [3.05, 3.63) is 47.5 Å². The highest BCUT2D eigenvalue weighted by Gasteiger charge is 2.17. The number of carbonyl (C=O) groups excluding carboxylic acids is 1. The van der Waals surface area contributed by atoms with Crippen LogP contribution in [-0.2, 0) is 17.6 Å². The van der Waals surface area contributed by atoms with Gasteiger partial charge in [-0.1, -0.05) is 25.1 Å². The fourth-order valence-corrected chi connectivity index (χ4v) is 2.65. The number of benzene rings is 2. The summed E-state index contributed by atoms with van der Waals surface area (Å²) in [5.41, 5.74) is 11.9. The van der Waals surface area contributed by atoms with Crippen molar-refractivity contribution < 1.29 is 4.79 Å². The predicted octanol–water partition coefficient (Wildman–Crippen LogP) is 3.46. The fraction of sp³-hybridized carbons (Fsp3) is 0.235. The van der Waals surface area contributed by atoms with Crippen molar-refractivity contribution in [2.75, 3.05) is 16.4 Å². The number of nitrogens with two attached hydrogens (primary N) is 1. The van der Waals surface area contributed by atoms with Crippen LogP contribution in [0.4, 0.5) is 22.7 Å². The monoisotopic (exact) mass is 281 g/mol. The lowest BCUT2D eigenvalue weighted by Crippen LogP contribution is -2.19. The summed E-state index contributed by atoms with van der Waals surface area (Å²) in [6, 6.07) is 12.0. The Labute approximate surface area is 124 Å². The predicted molar refractivity (Wildman–Crippen MR) is 86.9 cm³/mol. The Balaban J connectivity index is 1.95. The summed E-state index contributed by atoms with van der Waals surface area (Å²) in [6.07, 6.45) is 2.22. The zero-order valence-electron chi connectivity index (χ0n) is 12.1. The number of hydrogen-bond donors (Lipinski definition) is 3. The highest BCUT2D eigenvalue weighted by Crippen LogP contribution is 2.33. The van der Waals surface area contributed by atoms with Gasteiger partial charge in [0.1, 0.15) is 0 Å². The molecule has 21 heavy (non-hydrogen) atoms. The minimum absolute atomic E-state index is 0.0622. The van der Waals surface area contributed by atoms with Gasteiger partial charge in [-0.05, 0) is 42.2 Å². The van der Waals surface area contributed by atoms with Crippen LogP contribution < -0.4 is 16.4 Å². The zero-order chi connectivity index (χ0) is 14.8. The average Bonchev–Trinajstić information content (AvgIpc) is 2.49. The van der Waals surface area contributed by atoms with Crippen LogP contribution in [0, 0.1) is 0 Å². The molecular formula is C17H19N3O. The number of nitrogen functional groups attached to an aromatic ring is 1. The maximum atomic E-state index is 11.5. The van der Waals surface area contributed by atoms with Crippen LogP contribution in [0.5, 0.6) is 0 Å². The van der Waals surface area contributed by atoms with Crippen molar-refractivity contribution in [2.24, 2.45) is 0 Å². The minimum Gasteiger partial charge on any atom is -0.397 e. The van der Waals surface area contributed by atoms with E-state index in [1.165, 1.54) is 5.56 Å². The van der Waals surface area contributed by atoms with Gasteiger partial charge in [-0.15, -0.1) is 0 Å². The SMILES string of the molecule is CCc1ccccc1Nc1cc2c(cc1N)CCC(=O)N2. The summed E-state index contributed by atoms with van der Waals surface area (Å²) in [7, 11) is 0. The van der Waals surface area contributed by atoms with Gasteiger partial charge in [0.2, 0.25) is 5.91 Å². The van der Waals surface area contributed by atoms with Crippen molar-refractivity contribution in [2.45, 2.75) is 26.2 Å². The molecule has 2 aromatic carbocycles. The molecule has 0 aromatic heterocycles. The second-order valence-electron chi connectivity index (χ2n) is 5.28. The highest BCUT2D eigenvalue weighted by molar-refractivity contribution is 5.96. The van der Waals surface area contributed by atoms with Gasteiger partial charge in [0, 0.05) is 17.8 Å². The summed E-state index contributed by atoms with van der Waals surface area (Å²) in [5, 5.41) is 6.29. The third kappa shape index (κ3) is 2.70. The molecule has 0 saturated heterocycles. The number of carbonyl (C=O) groups is 1. The maximum Gasteiger partial charge on any atom is 0.224 e. The van der Waals surface area contributed by atoms with E-state index in [9.17, 15) is 4.79 Å². The first-order valence-electron chi connectivity index (χ1n) is 7.24. The number of hydrogen-bond acceptors (Lipinski definition) is 3. The van der Waals surface area contributed by atoms with E-state index in [-0.39, 0.29) is 5.91 Å². The first-order chi connectivity index (χ1) is 10.2. The number of nitrogens with one attached hydrogen (secondary N) is 2. The second kappa shape index (κ2) is 5.48. The molecule has 0 radical (unpaired) electrons. The molecule has 0 saturated carbocycles. The number of fused-ring (bicyclic) bond motifs is 1. The Hall–Kier alpha value is -2.49. The number of para-hydroxylation sites is 1. The average molecular weight is 281 g/mol. The summed E-state index contributed by atoms with van der Waals surface area (Å²) < 4.78 is 0. The minimum atomic E-state index is 0.0622. The molecular weight excluding hydrogens is 262 g/mol. The normalized spacial score (nSPS) is 13.5. The number of anilines is 4. The Bertz CT molecular complexity index is 694. The summed E-state index contributed by atoms with van der Waals surface area (Å²) in [5.74, 6) is 0.0622. The van der Waals surface area contributed by atoms with Crippen LogP contribution in [0.3, 0.4) is 0 Å². The lowest BCUT2D eigenvalue weighted by atomic mass is 10.0. The van der Waals surface area contributed by atoms with Gasteiger partial charge in [-0.3, -0.25) is 4.79 Å². The molecule has 0 bridgehead atoms. The molecule has 3 rings (SSSR count). The van der Waals surface area contributed by atoms with Crippen molar-refractivity contribution in [1.82, 2.24) is 0 Å². The molecule has 1 amide bonds. The van der Waals surface area contributed by atoms with Crippen LogP contribution in [0.1, 0.15) is 24.5 Å². The number of rotatable bonds is 3. The maximum absolute atomic E-state index is 11.5. The van der Waals surface area contributed by atoms with Crippen molar-refractivity contribution in [1.29, 1.82) is 0 Å². The van der Waals surface area contributed by atoms with Gasteiger partial charge in [0.15, 0.2) is 0 Å². The zero-order valence-corrected chi connectivity index (χ0v) is 12.1. The first kappa shape index (κ1) is 13.5. The molecule has 4 nitrogen and oxygen atoms in total. The Kier molecular flexibility index (Phi) is 3.52. The van der Waals surface area contributed by atoms with Crippen LogP contribution in [-0.4, -0.2) is 5.91 Å². The standard InChI is InChI=1S/C17H19N3O/c1-2-11-5-3-4-6-14(11)19-16-10-15-12(9-13(16)18)7-8-17(21)20-15/h3-6,9-10,19H,2,7-8,18H2,1H3,(H,20,21). The van der Waals surface area contributed by atoms with E-state index in [2.05, 4.69) is 23.6 Å². The Morgan fingerprint density at radius 3 is 2.81 bits per heavy atom. The van der Waals surface area contributed by atoms with Gasteiger partial charge in [0.25, 0.3) is 0 Å². The van der Waals surface area contributed by atoms with Gasteiger partial charge in [0.05, 0.1) is 11.4 Å². The van der Waals surface area contributed by atoms with Crippen molar-refractivity contribution in [3.63, 3.8) is 0 Å². The molecule has 4 N–H and O–H groups in total. The van der Waals surface area contributed by atoms with Crippen molar-refractivity contribution >= 4 is 28.7 Å². The van der Waals surface area contributed by atoms with E-state index in [0.717, 1.165) is 35.5 Å². The van der Waals surface area contributed by atoms with E-state index < -0.39 is 0 Å². The van der Waals surface area contributed by atoms with Crippen LogP contribution in [0.25, 0.3) is 0 Å². The van der Waals surface area contributed by atoms with E-state index in [1.807, 2.05) is 30.3 Å². The quantitative estimate of drug-likeness (QED) is 0.755. The van der Waals surface area contributed by atoms with Gasteiger partial charge in [-0.2, -0.15) is 0 Å². The van der Waals surface area contributed by atoms with Gasteiger partial charge in [-0.25, -0.2) is 0 Å². The topological polar surface area (TPSA) is 67.1 Å². The van der Waals surface area contributed by atoms with Gasteiger partial charge < -0.3 is 16.4 Å². The van der Waals surface area contributed by atoms with Crippen LogP contribution >= 0.6 is 0 Å². The molecule has 1 aliphatic rings. The summed E-state index contributed by atoms with van der Waals surface area (Å²) >= 11 is 0. The lowest BCUT2D eigenvalue weighted by molar-refractivity contribution is -0.116. The van der Waals surface area contributed by atoms with E-state index >= 15 is 0 Å². The number of amides is 1. The summed E-state index contributed by atoms with van der Waals surface area (Å²) in [6.45, 7) is 2.12. The van der Waals surface area contributed by atoms with E-state index in [1.54, 1.807) is 0 Å². The molecule has 4 heteroatoms. The summed E-state index contributed by atoms with van der Waals surface area (Å²) in [4.78, 5) is 11.5. The third-order valence-electron chi connectivity index (χ3n) is 3.84. The molecule has 0 aliphatic carbocycles. The molecule has 0 atom stereocenters. The molecule has 1 aliphatic heterocycles. The highest BCUT2D eigenvalue weighted by atomic mass is 16.1. The van der Waals surface area contributed by atoms with Crippen LogP contribution in [0.15, 0.2) is 36.4 Å². The smallest absolute Gasteiger partial charge is 0.224 e. The van der Waals surface area contributed by atoms with Crippen molar-refractivity contribution in [3.8, 4) is 0 Å². The molecule has 2 aromatic rings. The Morgan fingerprint density at radius 1 is 1.19 bits per heavy atom. The van der Waals surface area contributed by atoms with Crippen LogP contribution in [0.2, 0.25) is 0 Å². The van der Waals surface area contributed by atoms with Gasteiger partial charge >= 0.3 is 0 Å². The molecule has 0 unspecified atom stereocenters.